The molecule has 0 unspecified atom stereocenters. The van der Waals surface area contributed by atoms with Crippen LogP contribution in [0.1, 0.15) is 0 Å². The maximum atomic E-state index is 12.3. The lowest BCUT2D eigenvalue weighted by Gasteiger charge is -2.08. The topological polar surface area (TPSA) is 79.3 Å². The molecule has 3 rings (SSSR count). The van der Waals surface area contributed by atoms with E-state index in [1.54, 1.807) is 42.5 Å². The van der Waals surface area contributed by atoms with Crippen LogP contribution in [-0.4, -0.2) is 18.5 Å². The fourth-order valence-corrected chi connectivity index (χ4v) is 3.01. The number of pyridine rings is 1. The molecule has 0 aliphatic heterocycles. The molecular weight excluding hydrogens is 288 g/mol. The molecule has 5 nitrogen and oxygen atoms in total. The number of aromatic hydroxyl groups is 1. The molecule has 0 amide bonds. The smallest absolute Gasteiger partial charge is 0.263 e. The number of nitrogens with zero attached hydrogens (tertiary/aromatic N) is 1. The van der Waals surface area contributed by atoms with Crippen molar-refractivity contribution >= 4 is 26.6 Å². The Bertz CT molecular complexity index is 893. The third kappa shape index (κ3) is 2.66. The highest BCUT2D eigenvalue weighted by Gasteiger charge is 2.16. The Balaban J connectivity index is 2.05. The van der Waals surface area contributed by atoms with Crippen LogP contribution in [0.3, 0.4) is 0 Å². The second-order valence-corrected chi connectivity index (χ2v) is 6.17. The van der Waals surface area contributed by atoms with Crippen LogP contribution in [0.5, 0.6) is 5.75 Å². The van der Waals surface area contributed by atoms with E-state index >= 15 is 0 Å². The van der Waals surface area contributed by atoms with E-state index in [1.807, 2.05) is 0 Å². The molecule has 2 aromatic carbocycles. The molecule has 2 N–H and O–H groups in total. The Hall–Kier alpha value is -2.60. The van der Waals surface area contributed by atoms with Crippen molar-refractivity contribution in [2.75, 3.05) is 4.72 Å². The number of fused-ring (bicyclic) bond motifs is 1. The second kappa shape index (κ2) is 5.06. The molecule has 1 aromatic heterocycles. The van der Waals surface area contributed by atoms with Gasteiger partial charge in [0.25, 0.3) is 10.0 Å². The number of phenolic OH excluding ortho intramolecular Hbond substituents is 1. The highest BCUT2D eigenvalue weighted by molar-refractivity contribution is 7.92. The van der Waals surface area contributed by atoms with Crippen LogP contribution in [0.15, 0.2) is 65.7 Å². The number of para-hydroxylation sites is 1. The SMILES string of the molecule is O=S(=O)(Nc1ccccc1)c1cnc2cccc(O)c2c1. The van der Waals surface area contributed by atoms with Crippen LogP contribution in [0, 0.1) is 0 Å². The molecule has 0 radical (unpaired) electrons. The molecule has 0 aliphatic rings. The summed E-state index contributed by atoms with van der Waals surface area (Å²) >= 11 is 0. The van der Waals surface area contributed by atoms with Crippen LogP contribution < -0.4 is 4.72 Å². The van der Waals surface area contributed by atoms with E-state index < -0.39 is 10.0 Å². The number of hydrogen-bond acceptors (Lipinski definition) is 4. The summed E-state index contributed by atoms with van der Waals surface area (Å²) in [5, 5.41) is 10.2. The van der Waals surface area contributed by atoms with Gasteiger partial charge in [0.15, 0.2) is 0 Å². The average Bonchev–Trinajstić information content (AvgIpc) is 2.48. The summed E-state index contributed by atoms with van der Waals surface area (Å²) in [7, 11) is -3.75. The minimum absolute atomic E-state index is 0.000327. The largest absolute Gasteiger partial charge is 0.507 e. The minimum atomic E-state index is -3.75. The van der Waals surface area contributed by atoms with Crippen molar-refractivity contribution in [1.82, 2.24) is 4.98 Å². The first-order chi connectivity index (χ1) is 10.1. The molecule has 0 fully saturated rings. The molecule has 21 heavy (non-hydrogen) atoms. The molecule has 0 saturated heterocycles. The van der Waals surface area contributed by atoms with Crippen LogP contribution in [0.4, 0.5) is 5.69 Å². The average molecular weight is 300 g/mol. The zero-order valence-electron chi connectivity index (χ0n) is 10.9. The van der Waals surface area contributed by atoms with Crippen LogP contribution in [-0.2, 0) is 10.0 Å². The molecule has 0 bridgehead atoms. The Morgan fingerprint density at radius 1 is 1.00 bits per heavy atom. The molecule has 1 heterocycles. The Kier molecular flexibility index (Phi) is 3.23. The van der Waals surface area contributed by atoms with Gasteiger partial charge in [0, 0.05) is 17.3 Å². The number of phenols is 1. The second-order valence-electron chi connectivity index (χ2n) is 4.49. The lowest BCUT2D eigenvalue weighted by molar-refractivity contribution is 0.481. The highest BCUT2D eigenvalue weighted by Crippen LogP contribution is 2.25. The first-order valence-electron chi connectivity index (χ1n) is 6.22. The molecule has 0 atom stereocenters. The number of hydrogen-bond donors (Lipinski definition) is 2. The number of nitrogens with one attached hydrogen (secondary N) is 1. The van der Waals surface area contributed by atoms with E-state index in [0.29, 0.717) is 16.6 Å². The van der Waals surface area contributed by atoms with Gasteiger partial charge in [-0.05, 0) is 30.3 Å². The zero-order chi connectivity index (χ0) is 14.9. The fourth-order valence-electron chi connectivity index (χ4n) is 1.98. The predicted octanol–water partition coefficient (Wildman–Crippen LogP) is 2.74. The standard InChI is InChI=1S/C15H12N2O3S/c18-15-8-4-7-14-13(15)9-12(10-16-14)21(19,20)17-11-5-2-1-3-6-11/h1-10,17-18H. The summed E-state index contributed by atoms with van der Waals surface area (Å²) in [6.07, 6.45) is 1.27. The summed E-state index contributed by atoms with van der Waals surface area (Å²) in [4.78, 5) is 4.07. The van der Waals surface area contributed by atoms with E-state index in [4.69, 9.17) is 0 Å². The zero-order valence-corrected chi connectivity index (χ0v) is 11.7. The van der Waals surface area contributed by atoms with Crippen molar-refractivity contribution in [2.24, 2.45) is 0 Å². The Morgan fingerprint density at radius 2 is 1.76 bits per heavy atom. The fraction of sp³-hybridized carbons (Fsp3) is 0. The van der Waals surface area contributed by atoms with Gasteiger partial charge in [-0.3, -0.25) is 9.71 Å². The van der Waals surface area contributed by atoms with Gasteiger partial charge in [-0.15, -0.1) is 0 Å². The summed E-state index contributed by atoms with van der Waals surface area (Å²) < 4.78 is 27.1. The minimum Gasteiger partial charge on any atom is -0.507 e. The van der Waals surface area contributed by atoms with Gasteiger partial charge >= 0.3 is 0 Å². The van der Waals surface area contributed by atoms with Gasteiger partial charge in [0.1, 0.15) is 10.6 Å². The first-order valence-corrected chi connectivity index (χ1v) is 7.70. The number of benzene rings is 2. The third-order valence-corrected chi connectivity index (χ3v) is 4.36. The first kappa shape index (κ1) is 13.4. The lowest BCUT2D eigenvalue weighted by atomic mass is 10.2. The van der Waals surface area contributed by atoms with Crippen molar-refractivity contribution in [3.63, 3.8) is 0 Å². The van der Waals surface area contributed by atoms with Crippen molar-refractivity contribution < 1.29 is 13.5 Å². The van der Waals surface area contributed by atoms with Crippen LogP contribution in [0.2, 0.25) is 0 Å². The molecule has 0 aliphatic carbocycles. The summed E-state index contributed by atoms with van der Waals surface area (Å²) in [5.41, 5.74) is 1.00. The van der Waals surface area contributed by atoms with Crippen LogP contribution >= 0.6 is 0 Å². The number of aromatic nitrogens is 1. The Labute approximate surface area is 121 Å². The van der Waals surface area contributed by atoms with Crippen molar-refractivity contribution in [3.8, 4) is 5.75 Å². The van der Waals surface area contributed by atoms with E-state index in [0.717, 1.165) is 0 Å². The Morgan fingerprint density at radius 3 is 2.52 bits per heavy atom. The summed E-state index contributed by atoms with van der Waals surface area (Å²) in [5.74, 6) is -0.00300. The highest BCUT2D eigenvalue weighted by atomic mass is 32.2. The molecule has 6 heteroatoms. The third-order valence-electron chi connectivity index (χ3n) is 3.01. The molecule has 0 spiro atoms. The van der Waals surface area contributed by atoms with Gasteiger partial charge in [-0.2, -0.15) is 0 Å². The van der Waals surface area contributed by atoms with Gasteiger partial charge < -0.3 is 5.11 Å². The number of rotatable bonds is 3. The lowest BCUT2D eigenvalue weighted by Crippen LogP contribution is -2.13. The normalized spacial score (nSPS) is 11.4. The van der Waals surface area contributed by atoms with E-state index in [1.165, 1.54) is 18.3 Å². The van der Waals surface area contributed by atoms with E-state index in [-0.39, 0.29) is 10.6 Å². The van der Waals surface area contributed by atoms with E-state index in [2.05, 4.69) is 9.71 Å². The molecular formula is C15H12N2O3S. The van der Waals surface area contributed by atoms with Crippen molar-refractivity contribution in [1.29, 1.82) is 0 Å². The van der Waals surface area contributed by atoms with Gasteiger partial charge in [0.05, 0.1) is 5.52 Å². The van der Waals surface area contributed by atoms with Gasteiger partial charge in [0.2, 0.25) is 0 Å². The van der Waals surface area contributed by atoms with Gasteiger partial charge in [-0.1, -0.05) is 24.3 Å². The number of anilines is 1. The van der Waals surface area contributed by atoms with Crippen molar-refractivity contribution in [2.45, 2.75) is 4.90 Å². The summed E-state index contributed by atoms with van der Waals surface area (Å²) in [6, 6.07) is 14.8. The molecule has 3 aromatic rings. The maximum Gasteiger partial charge on any atom is 0.263 e. The van der Waals surface area contributed by atoms with Crippen LogP contribution in [0.25, 0.3) is 10.9 Å². The number of sulfonamides is 1. The van der Waals surface area contributed by atoms with Crippen molar-refractivity contribution in [3.05, 3.63) is 60.8 Å². The quantitative estimate of drug-likeness (QED) is 0.779. The van der Waals surface area contributed by atoms with E-state index in [9.17, 15) is 13.5 Å². The van der Waals surface area contributed by atoms with Gasteiger partial charge in [-0.25, -0.2) is 8.42 Å². The molecule has 106 valence electrons. The monoisotopic (exact) mass is 300 g/mol. The summed E-state index contributed by atoms with van der Waals surface area (Å²) in [6.45, 7) is 0. The maximum absolute atomic E-state index is 12.3. The molecule has 0 saturated carbocycles. The predicted molar refractivity (Wildman–Crippen MR) is 80.7 cm³/mol.